The van der Waals surface area contributed by atoms with Crippen LogP contribution in [0.4, 0.5) is 4.39 Å². The van der Waals surface area contributed by atoms with Gasteiger partial charge in [-0.15, -0.1) is 11.8 Å². The van der Waals surface area contributed by atoms with Crippen LogP contribution in [0.3, 0.4) is 0 Å². The highest BCUT2D eigenvalue weighted by Gasteiger charge is 2.33. The lowest BCUT2D eigenvalue weighted by atomic mass is 9.88. The number of carboxylic acid groups (broad SMARTS) is 1. The molecule has 0 radical (unpaired) electrons. The topological polar surface area (TPSA) is 86.5 Å². The summed E-state index contributed by atoms with van der Waals surface area (Å²) in [7, 11) is 1.64. The highest BCUT2D eigenvalue weighted by molar-refractivity contribution is 8.00. The Bertz CT molecular complexity index is 2150. The summed E-state index contributed by atoms with van der Waals surface area (Å²) in [6.45, 7) is 10.8. The van der Waals surface area contributed by atoms with Gasteiger partial charge in [0, 0.05) is 62.4 Å². The molecule has 0 aliphatic heterocycles. The number of nitrogens with zero attached hydrogens (tertiary/aromatic N) is 3. The van der Waals surface area contributed by atoms with Crippen molar-refractivity contribution >= 4 is 39.5 Å². The Morgan fingerprint density at radius 1 is 0.918 bits per heavy atom. The van der Waals surface area contributed by atoms with Crippen LogP contribution in [0.2, 0.25) is 0 Å². The van der Waals surface area contributed by atoms with Gasteiger partial charge in [-0.3, -0.25) is 9.78 Å². The number of carbonyl (C=O) groups is 1. The van der Waals surface area contributed by atoms with Gasteiger partial charge in [-0.2, -0.15) is 0 Å². The van der Waals surface area contributed by atoms with Crippen molar-refractivity contribution in [1.82, 2.24) is 14.5 Å². The van der Waals surface area contributed by atoms with E-state index in [-0.39, 0.29) is 17.2 Å². The van der Waals surface area contributed by atoms with E-state index in [0.717, 1.165) is 55.1 Å². The quantitative estimate of drug-likeness (QED) is 0.137. The summed E-state index contributed by atoms with van der Waals surface area (Å²) >= 11 is 1.74. The molecule has 0 bridgehead atoms. The molecule has 0 aliphatic rings. The summed E-state index contributed by atoms with van der Waals surface area (Å²) in [5.41, 5.74) is 5.30. The Hall–Kier alpha value is -4.89. The second kappa shape index (κ2) is 13.6. The number of benzene rings is 3. The van der Waals surface area contributed by atoms with Crippen molar-refractivity contribution in [2.75, 3.05) is 7.11 Å². The number of carboxylic acids is 1. The number of methoxy groups -OCH3 is 1. The molecule has 0 saturated carbocycles. The SMILES string of the molecule is COc1ccnc(-c2ccc(Cn3c(CC(C)(C)C(=O)O)c(SC(C)(C)C)c4cc(OCc5ccc6cc(F)ccc6n5)ccc43)cc2)c1. The van der Waals surface area contributed by atoms with E-state index < -0.39 is 11.4 Å². The molecule has 6 rings (SSSR count). The van der Waals surface area contributed by atoms with Gasteiger partial charge in [-0.05, 0) is 67.9 Å². The van der Waals surface area contributed by atoms with Crippen LogP contribution >= 0.6 is 11.8 Å². The maximum absolute atomic E-state index is 13.7. The Balaban J connectivity index is 1.39. The number of fused-ring (bicyclic) bond motifs is 2. The zero-order valence-corrected chi connectivity index (χ0v) is 29.4. The number of thioether (sulfide) groups is 1. The van der Waals surface area contributed by atoms with Crippen molar-refractivity contribution in [3.05, 3.63) is 114 Å². The molecule has 6 aromatic rings. The van der Waals surface area contributed by atoms with Crippen LogP contribution < -0.4 is 9.47 Å². The number of hydrogen-bond acceptors (Lipinski definition) is 6. The fourth-order valence-electron chi connectivity index (χ4n) is 5.75. The summed E-state index contributed by atoms with van der Waals surface area (Å²) in [5.74, 6) is 0.286. The number of hydrogen-bond donors (Lipinski definition) is 1. The van der Waals surface area contributed by atoms with Crippen LogP contribution in [0.25, 0.3) is 33.1 Å². The van der Waals surface area contributed by atoms with E-state index in [1.165, 1.54) is 12.1 Å². The molecule has 3 heterocycles. The fourth-order valence-corrected chi connectivity index (χ4v) is 6.94. The first-order valence-corrected chi connectivity index (χ1v) is 17.0. The van der Waals surface area contributed by atoms with Crippen LogP contribution in [0.5, 0.6) is 11.5 Å². The van der Waals surface area contributed by atoms with E-state index in [0.29, 0.717) is 24.2 Å². The third-order valence-electron chi connectivity index (χ3n) is 8.34. The van der Waals surface area contributed by atoms with Gasteiger partial charge < -0.3 is 19.1 Å². The van der Waals surface area contributed by atoms with Crippen LogP contribution in [-0.2, 0) is 24.4 Å². The molecule has 0 amide bonds. The highest BCUT2D eigenvalue weighted by atomic mass is 32.2. The van der Waals surface area contributed by atoms with E-state index in [1.807, 2.05) is 36.4 Å². The number of pyridine rings is 2. The zero-order valence-electron chi connectivity index (χ0n) is 28.6. The molecule has 7 nitrogen and oxygen atoms in total. The smallest absolute Gasteiger partial charge is 0.309 e. The summed E-state index contributed by atoms with van der Waals surface area (Å²) in [6.07, 6.45) is 2.08. The first-order chi connectivity index (χ1) is 23.3. The lowest BCUT2D eigenvalue weighted by Gasteiger charge is -2.24. The van der Waals surface area contributed by atoms with Crippen LogP contribution in [0.15, 0.2) is 96.0 Å². The van der Waals surface area contributed by atoms with Gasteiger partial charge in [0.05, 0.1) is 29.4 Å². The van der Waals surface area contributed by atoms with E-state index in [1.54, 1.807) is 45.0 Å². The Morgan fingerprint density at radius 2 is 1.69 bits per heavy atom. The standard InChI is InChI=1S/C40H40FN3O4S/c1-39(2,3)49-37-32-20-31(48-24-29-13-11-27-19-28(41)12-15-33(27)43-29)14-16-35(32)44(36(37)22-40(4,5)38(45)46)23-25-7-9-26(10-8-25)34-21-30(47-6)17-18-42-34/h7-21H,22-24H2,1-6H3,(H,45,46). The molecule has 3 aromatic heterocycles. The molecule has 0 fully saturated rings. The largest absolute Gasteiger partial charge is 0.497 e. The predicted molar refractivity (Wildman–Crippen MR) is 194 cm³/mol. The number of aliphatic carboxylic acids is 1. The Kier molecular flexibility index (Phi) is 9.40. The molecule has 252 valence electrons. The van der Waals surface area contributed by atoms with Gasteiger partial charge in [0.15, 0.2) is 0 Å². The van der Waals surface area contributed by atoms with E-state index >= 15 is 0 Å². The minimum Gasteiger partial charge on any atom is -0.497 e. The molecule has 0 unspecified atom stereocenters. The van der Waals surface area contributed by atoms with Gasteiger partial charge in [0.1, 0.15) is 23.9 Å². The monoisotopic (exact) mass is 677 g/mol. The molecule has 49 heavy (non-hydrogen) atoms. The minimum absolute atomic E-state index is 0.141. The second-order valence-corrected chi connectivity index (χ2v) is 15.7. The van der Waals surface area contributed by atoms with Crippen molar-refractivity contribution in [3.63, 3.8) is 0 Å². The van der Waals surface area contributed by atoms with E-state index in [2.05, 4.69) is 65.6 Å². The average molecular weight is 678 g/mol. The molecule has 0 atom stereocenters. The van der Waals surface area contributed by atoms with Crippen LogP contribution in [-0.4, -0.2) is 37.5 Å². The second-order valence-electron chi connectivity index (χ2n) is 13.8. The summed E-state index contributed by atoms with van der Waals surface area (Å²) in [5, 5.41) is 11.9. The Morgan fingerprint density at radius 3 is 2.41 bits per heavy atom. The predicted octanol–water partition coefficient (Wildman–Crippen LogP) is 9.57. The fraction of sp³-hybridized carbons (Fsp3) is 0.275. The summed E-state index contributed by atoms with van der Waals surface area (Å²) in [6, 6.07) is 26.3. The number of ether oxygens (including phenoxy) is 2. The molecule has 0 aliphatic carbocycles. The minimum atomic E-state index is -0.995. The molecule has 9 heteroatoms. The number of halogens is 1. The Labute approximate surface area is 290 Å². The average Bonchev–Trinajstić information content (AvgIpc) is 3.32. The maximum atomic E-state index is 13.7. The molecule has 0 saturated heterocycles. The normalized spacial score (nSPS) is 12.1. The molecular formula is C40H40FN3O4S. The number of rotatable bonds is 11. The summed E-state index contributed by atoms with van der Waals surface area (Å²) in [4.78, 5) is 22.6. The van der Waals surface area contributed by atoms with Crippen molar-refractivity contribution < 1.29 is 23.8 Å². The molecule has 1 N–H and O–H groups in total. The molecular weight excluding hydrogens is 638 g/mol. The third-order valence-corrected chi connectivity index (χ3v) is 9.61. The van der Waals surface area contributed by atoms with Crippen LogP contribution in [0.1, 0.15) is 51.6 Å². The van der Waals surface area contributed by atoms with Gasteiger partial charge in [-0.25, -0.2) is 9.37 Å². The van der Waals surface area contributed by atoms with Crippen molar-refractivity contribution in [1.29, 1.82) is 0 Å². The first-order valence-electron chi connectivity index (χ1n) is 16.1. The summed E-state index contributed by atoms with van der Waals surface area (Å²) < 4.78 is 27.4. The third kappa shape index (κ3) is 7.73. The first kappa shape index (κ1) is 34.0. The van der Waals surface area contributed by atoms with E-state index in [4.69, 9.17) is 9.47 Å². The molecule has 3 aromatic carbocycles. The van der Waals surface area contributed by atoms with Crippen molar-refractivity contribution in [3.8, 4) is 22.8 Å². The maximum Gasteiger partial charge on any atom is 0.309 e. The van der Waals surface area contributed by atoms with Gasteiger partial charge >= 0.3 is 5.97 Å². The lowest BCUT2D eigenvalue weighted by molar-refractivity contribution is -0.146. The highest BCUT2D eigenvalue weighted by Crippen LogP contribution is 2.44. The van der Waals surface area contributed by atoms with Gasteiger partial charge in [0.2, 0.25) is 0 Å². The van der Waals surface area contributed by atoms with Crippen molar-refractivity contribution in [2.24, 2.45) is 5.41 Å². The van der Waals surface area contributed by atoms with Gasteiger partial charge in [-0.1, -0.05) is 51.1 Å². The van der Waals surface area contributed by atoms with Gasteiger partial charge in [0.25, 0.3) is 0 Å². The van der Waals surface area contributed by atoms with E-state index in [9.17, 15) is 14.3 Å². The molecule has 0 spiro atoms. The number of aromatic nitrogens is 3. The lowest BCUT2D eigenvalue weighted by Crippen LogP contribution is -2.28. The zero-order chi connectivity index (χ0) is 34.9. The van der Waals surface area contributed by atoms with Crippen LogP contribution in [0, 0.1) is 11.2 Å². The van der Waals surface area contributed by atoms with Crippen molar-refractivity contribution in [2.45, 2.75) is 63.8 Å².